The Morgan fingerprint density at radius 1 is 1.07 bits per heavy atom. The van der Waals surface area contributed by atoms with Crippen molar-refractivity contribution in [2.45, 2.75) is 19.4 Å². The van der Waals surface area contributed by atoms with E-state index < -0.39 is 6.04 Å². The lowest BCUT2D eigenvalue weighted by Crippen LogP contribution is -2.55. The zero-order valence-electron chi connectivity index (χ0n) is 16.6. The zero-order valence-corrected chi connectivity index (χ0v) is 16.6. The van der Waals surface area contributed by atoms with Crippen molar-refractivity contribution in [3.8, 4) is 17.2 Å². The molecule has 28 heavy (non-hydrogen) atoms. The molecule has 0 aliphatic carbocycles. The molecule has 9 nitrogen and oxygen atoms in total. The van der Waals surface area contributed by atoms with Crippen molar-refractivity contribution in [3.05, 3.63) is 17.7 Å². The van der Waals surface area contributed by atoms with Crippen LogP contribution in [0.4, 0.5) is 4.79 Å². The first-order chi connectivity index (χ1) is 13.4. The van der Waals surface area contributed by atoms with Gasteiger partial charge in [-0.1, -0.05) is 0 Å². The van der Waals surface area contributed by atoms with Gasteiger partial charge in [0.2, 0.25) is 11.7 Å². The molecule has 2 saturated heterocycles. The molecule has 0 spiro atoms. The van der Waals surface area contributed by atoms with E-state index >= 15 is 0 Å². The van der Waals surface area contributed by atoms with Crippen LogP contribution in [0, 0.1) is 0 Å². The summed E-state index contributed by atoms with van der Waals surface area (Å²) in [6.07, 6.45) is 0.128. The van der Waals surface area contributed by atoms with E-state index in [1.807, 2.05) is 0 Å². The molecule has 2 aliphatic heterocycles. The predicted molar refractivity (Wildman–Crippen MR) is 99.7 cm³/mol. The van der Waals surface area contributed by atoms with Gasteiger partial charge in [-0.2, -0.15) is 0 Å². The summed E-state index contributed by atoms with van der Waals surface area (Å²) < 4.78 is 16.0. The summed E-state index contributed by atoms with van der Waals surface area (Å²) in [6, 6.07) is 2.61. The van der Waals surface area contributed by atoms with Crippen molar-refractivity contribution in [2.24, 2.45) is 0 Å². The van der Waals surface area contributed by atoms with E-state index in [1.165, 1.54) is 26.2 Å². The molecule has 1 unspecified atom stereocenters. The van der Waals surface area contributed by atoms with Crippen molar-refractivity contribution in [2.75, 3.05) is 47.5 Å². The third-order valence-electron chi connectivity index (χ3n) is 5.16. The standard InChI is InChI=1S/C19H25N3O6/c1-5-21-18(24)13-11-20(6-7-22(13)19(21)25)16(23)10-12-8-14(26-2)17(28-4)15(9-12)27-3/h8-9,13H,5-7,10-11H2,1-4H3. The monoisotopic (exact) mass is 391 g/mol. The number of hydrogen-bond acceptors (Lipinski definition) is 6. The quantitative estimate of drug-likeness (QED) is 0.665. The molecule has 3 rings (SSSR count). The number of carbonyl (C=O) groups excluding carboxylic acids is 3. The maximum absolute atomic E-state index is 12.8. The number of urea groups is 1. The maximum atomic E-state index is 12.8. The van der Waals surface area contributed by atoms with Gasteiger partial charge in [0.05, 0.1) is 34.3 Å². The highest BCUT2D eigenvalue weighted by molar-refractivity contribution is 6.04. The SMILES string of the molecule is CCN1C(=O)C2CN(C(=O)Cc3cc(OC)c(OC)c(OC)c3)CCN2C1=O. The van der Waals surface area contributed by atoms with Gasteiger partial charge in [0.1, 0.15) is 6.04 Å². The topological polar surface area (TPSA) is 88.6 Å². The number of methoxy groups -OCH3 is 3. The molecular formula is C19H25N3O6. The van der Waals surface area contributed by atoms with Gasteiger partial charge in [-0.15, -0.1) is 0 Å². The summed E-state index contributed by atoms with van der Waals surface area (Å²) in [4.78, 5) is 41.9. The molecule has 2 aliphatic rings. The Balaban J connectivity index is 1.74. The minimum Gasteiger partial charge on any atom is -0.493 e. The molecule has 1 aromatic carbocycles. The summed E-state index contributed by atoms with van der Waals surface area (Å²) in [6.45, 7) is 3.07. The fraction of sp³-hybridized carbons (Fsp3) is 0.526. The first-order valence-electron chi connectivity index (χ1n) is 9.13. The van der Waals surface area contributed by atoms with Gasteiger partial charge < -0.3 is 24.0 Å². The van der Waals surface area contributed by atoms with Crippen LogP contribution in [0.25, 0.3) is 0 Å². The molecule has 0 bridgehead atoms. The van der Waals surface area contributed by atoms with Crippen LogP contribution < -0.4 is 14.2 Å². The van der Waals surface area contributed by atoms with E-state index in [-0.39, 0.29) is 30.8 Å². The third-order valence-corrected chi connectivity index (χ3v) is 5.16. The smallest absolute Gasteiger partial charge is 0.327 e. The molecule has 1 atom stereocenters. The van der Waals surface area contributed by atoms with E-state index in [2.05, 4.69) is 0 Å². The summed E-state index contributed by atoms with van der Waals surface area (Å²) in [7, 11) is 4.55. The number of imide groups is 1. The number of carbonyl (C=O) groups is 3. The Morgan fingerprint density at radius 3 is 2.25 bits per heavy atom. The molecule has 9 heteroatoms. The number of amides is 4. The number of rotatable bonds is 6. The molecule has 0 saturated carbocycles. The fourth-order valence-corrected chi connectivity index (χ4v) is 3.69. The van der Waals surface area contributed by atoms with Crippen molar-refractivity contribution in [1.82, 2.24) is 14.7 Å². The van der Waals surface area contributed by atoms with Crippen LogP contribution in [-0.4, -0.2) is 86.1 Å². The summed E-state index contributed by atoms with van der Waals surface area (Å²) in [5, 5.41) is 0. The number of fused-ring (bicyclic) bond motifs is 1. The second-order valence-corrected chi connectivity index (χ2v) is 6.62. The molecule has 4 amide bonds. The van der Waals surface area contributed by atoms with Gasteiger partial charge in [-0.25, -0.2) is 4.79 Å². The largest absolute Gasteiger partial charge is 0.493 e. The van der Waals surface area contributed by atoms with Crippen LogP contribution >= 0.6 is 0 Å². The molecule has 0 radical (unpaired) electrons. The minimum atomic E-state index is -0.593. The third kappa shape index (κ3) is 3.32. The summed E-state index contributed by atoms with van der Waals surface area (Å²) >= 11 is 0. The normalized spacial score (nSPS) is 19.0. The molecule has 152 valence electrons. The lowest BCUT2D eigenvalue weighted by atomic mass is 10.1. The molecule has 0 aromatic heterocycles. The van der Waals surface area contributed by atoms with E-state index in [9.17, 15) is 14.4 Å². The van der Waals surface area contributed by atoms with Gasteiger partial charge >= 0.3 is 6.03 Å². The van der Waals surface area contributed by atoms with Crippen LogP contribution in [0.2, 0.25) is 0 Å². The van der Waals surface area contributed by atoms with E-state index in [0.29, 0.717) is 42.4 Å². The van der Waals surface area contributed by atoms with Crippen LogP contribution in [-0.2, 0) is 16.0 Å². The summed E-state index contributed by atoms with van der Waals surface area (Å²) in [5.74, 6) is 1.06. The van der Waals surface area contributed by atoms with Crippen LogP contribution in [0.5, 0.6) is 17.2 Å². The van der Waals surface area contributed by atoms with Gasteiger partial charge in [0, 0.05) is 19.6 Å². The second kappa shape index (κ2) is 7.95. The maximum Gasteiger partial charge on any atom is 0.327 e. The van der Waals surface area contributed by atoms with Gasteiger partial charge in [0.25, 0.3) is 5.91 Å². The average molecular weight is 391 g/mol. The van der Waals surface area contributed by atoms with E-state index in [4.69, 9.17) is 14.2 Å². The predicted octanol–water partition coefficient (Wildman–Crippen LogP) is 0.750. The highest BCUT2D eigenvalue weighted by Gasteiger charge is 2.47. The summed E-state index contributed by atoms with van der Waals surface area (Å²) in [5.41, 5.74) is 0.714. The number of ether oxygens (including phenoxy) is 3. The Hall–Kier alpha value is -2.97. The minimum absolute atomic E-state index is 0.121. The fourth-order valence-electron chi connectivity index (χ4n) is 3.69. The molecule has 2 heterocycles. The second-order valence-electron chi connectivity index (χ2n) is 6.62. The van der Waals surface area contributed by atoms with Crippen LogP contribution in [0.3, 0.4) is 0 Å². The van der Waals surface area contributed by atoms with Gasteiger partial charge in [0.15, 0.2) is 11.5 Å². The van der Waals surface area contributed by atoms with Gasteiger partial charge in [-0.3, -0.25) is 14.5 Å². The number of likely N-dealkylation sites (N-methyl/N-ethyl adjacent to an activating group) is 1. The average Bonchev–Trinajstić information content (AvgIpc) is 2.96. The van der Waals surface area contributed by atoms with Crippen molar-refractivity contribution >= 4 is 17.8 Å². The lowest BCUT2D eigenvalue weighted by Gasteiger charge is -2.35. The highest BCUT2D eigenvalue weighted by Crippen LogP contribution is 2.38. The zero-order chi connectivity index (χ0) is 20.4. The van der Waals surface area contributed by atoms with E-state index in [1.54, 1.807) is 28.9 Å². The van der Waals surface area contributed by atoms with Crippen molar-refractivity contribution in [1.29, 1.82) is 0 Å². The number of benzene rings is 1. The van der Waals surface area contributed by atoms with Gasteiger partial charge in [-0.05, 0) is 24.6 Å². The Kier molecular flexibility index (Phi) is 5.62. The molecular weight excluding hydrogens is 366 g/mol. The molecule has 2 fully saturated rings. The lowest BCUT2D eigenvalue weighted by molar-refractivity contribution is -0.135. The Morgan fingerprint density at radius 2 is 1.71 bits per heavy atom. The Bertz CT molecular complexity index is 771. The molecule has 0 N–H and O–H groups in total. The number of piperazine rings is 1. The first-order valence-corrected chi connectivity index (χ1v) is 9.13. The highest BCUT2D eigenvalue weighted by atomic mass is 16.5. The first kappa shape index (κ1) is 19.8. The van der Waals surface area contributed by atoms with Crippen LogP contribution in [0.15, 0.2) is 12.1 Å². The molecule has 1 aromatic rings. The van der Waals surface area contributed by atoms with Crippen LogP contribution in [0.1, 0.15) is 12.5 Å². The number of hydrogen-bond donors (Lipinski definition) is 0. The van der Waals surface area contributed by atoms with E-state index in [0.717, 1.165) is 0 Å². The van der Waals surface area contributed by atoms with Crippen molar-refractivity contribution < 1.29 is 28.6 Å². The van der Waals surface area contributed by atoms with Crippen molar-refractivity contribution in [3.63, 3.8) is 0 Å². The Labute approximate surface area is 163 Å². The number of nitrogens with zero attached hydrogens (tertiary/aromatic N) is 3.